The van der Waals surface area contributed by atoms with Crippen molar-refractivity contribution in [2.75, 3.05) is 6.54 Å². The van der Waals surface area contributed by atoms with Gasteiger partial charge in [0, 0.05) is 30.7 Å². The summed E-state index contributed by atoms with van der Waals surface area (Å²) in [5.41, 5.74) is 1.29. The van der Waals surface area contributed by atoms with E-state index in [2.05, 4.69) is 30.1 Å². The van der Waals surface area contributed by atoms with Crippen molar-refractivity contribution >= 4 is 0 Å². The molecule has 2 aliphatic rings. The Morgan fingerprint density at radius 1 is 1.39 bits per heavy atom. The van der Waals surface area contributed by atoms with Crippen LogP contribution in [0.2, 0.25) is 0 Å². The molecule has 0 bridgehead atoms. The van der Waals surface area contributed by atoms with Crippen LogP contribution < -0.4 is 5.32 Å². The van der Waals surface area contributed by atoms with E-state index >= 15 is 0 Å². The molecule has 1 N–H and O–H groups in total. The van der Waals surface area contributed by atoms with Gasteiger partial charge in [-0.2, -0.15) is 0 Å². The predicted octanol–water partition coefficient (Wildman–Crippen LogP) is 2.76. The lowest BCUT2D eigenvalue weighted by Gasteiger charge is -2.19. The molecule has 0 radical (unpaired) electrons. The molecule has 0 spiro atoms. The van der Waals surface area contributed by atoms with Gasteiger partial charge in [0.05, 0.1) is 12.8 Å². The maximum Gasteiger partial charge on any atom is 0.118 e. The fraction of sp³-hybridized carbons (Fsp3) is 0.733. The second-order valence-corrected chi connectivity index (χ2v) is 6.20. The van der Waals surface area contributed by atoms with Crippen molar-refractivity contribution in [2.24, 2.45) is 5.92 Å². The highest BCUT2D eigenvalue weighted by Gasteiger charge is 2.26. The Balaban J connectivity index is 1.52. The molecule has 0 aromatic carbocycles. The van der Waals surface area contributed by atoms with Crippen molar-refractivity contribution in [3.63, 3.8) is 0 Å². The number of nitrogens with one attached hydrogen (secondary N) is 1. The zero-order valence-electron chi connectivity index (χ0n) is 11.5. The third-order valence-corrected chi connectivity index (χ3v) is 4.15. The standard InChI is InChI=1S/C15H24N2O/c1-11-5-12(2)17(8-11)9-15-6-13(10-18-15)7-16-14-3-4-14/h6,10-12,14,16H,3-5,7-9H2,1-2H3. The van der Waals surface area contributed by atoms with Crippen LogP contribution in [0.25, 0.3) is 0 Å². The van der Waals surface area contributed by atoms with Crippen molar-refractivity contribution < 1.29 is 4.42 Å². The van der Waals surface area contributed by atoms with E-state index in [1.807, 2.05) is 6.26 Å². The number of hydrogen-bond donors (Lipinski definition) is 1. The van der Waals surface area contributed by atoms with E-state index in [1.54, 1.807) is 0 Å². The average Bonchev–Trinajstić information content (AvgIpc) is 2.97. The zero-order valence-corrected chi connectivity index (χ0v) is 11.5. The molecule has 18 heavy (non-hydrogen) atoms. The van der Waals surface area contributed by atoms with Crippen LogP contribution in [0.5, 0.6) is 0 Å². The Bertz CT molecular complexity index is 397. The lowest BCUT2D eigenvalue weighted by molar-refractivity contribution is 0.235. The van der Waals surface area contributed by atoms with Crippen molar-refractivity contribution in [2.45, 2.75) is 58.3 Å². The number of nitrogens with zero attached hydrogens (tertiary/aromatic N) is 1. The fourth-order valence-electron chi connectivity index (χ4n) is 2.96. The van der Waals surface area contributed by atoms with Crippen molar-refractivity contribution in [1.82, 2.24) is 10.2 Å². The first-order valence-electron chi connectivity index (χ1n) is 7.24. The van der Waals surface area contributed by atoms with Crippen LogP contribution in [0.15, 0.2) is 16.7 Å². The van der Waals surface area contributed by atoms with Crippen LogP contribution >= 0.6 is 0 Å². The summed E-state index contributed by atoms with van der Waals surface area (Å²) in [4.78, 5) is 2.53. The van der Waals surface area contributed by atoms with Crippen LogP contribution in [0, 0.1) is 5.92 Å². The van der Waals surface area contributed by atoms with Gasteiger partial charge < -0.3 is 9.73 Å². The lowest BCUT2D eigenvalue weighted by atomic mass is 10.1. The summed E-state index contributed by atoms with van der Waals surface area (Å²) in [6.07, 6.45) is 5.91. The molecule has 3 nitrogen and oxygen atoms in total. The normalized spacial score (nSPS) is 29.0. The highest BCUT2D eigenvalue weighted by Crippen LogP contribution is 2.25. The van der Waals surface area contributed by atoms with Gasteiger partial charge in [-0.25, -0.2) is 0 Å². The summed E-state index contributed by atoms with van der Waals surface area (Å²) in [5.74, 6) is 1.94. The van der Waals surface area contributed by atoms with Gasteiger partial charge in [0.1, 0.15) is 5.76 Å². The monoisotopic (exact) mass is 248 g/mol. The highest BCUT2D eigenvalue weighted by atomic mass is 16.3. The lowest BCUT2D eigenvalue weighted by Crippen LogP contribution is -2.26. The van der Waals surface area contributed by atoms with Gasteiger partial charge in [0.15, 0.2) is 0 Å². The molecule has 0 amide bonds. The Kier molecular flexibility index (Phi) is 3.44. The second kappa shape index (κ2) is 5.06. The van der Waals surface area contributed by atoms with E-state index in [9.17, 15) is 0 Å². The summed E-state index contributed by atoms with van der Waals surface area (Å²) >= 11 is 0. The second-order valence-electron chi connectivity index (χ2n) is 6.20. The van der Waals surface area contributed by atoms with E-state index in [0.717, 1.165) is 30.8 Å². The Morgan fingerprint density at radius 2 is 2.22 bits per heavy atom. The first kappa shape index (κ1) is 12.2. The molecular formula is C15H24N2O. The SMILES string of the molecule is CC1CC(C)N(Cc2cc(CNC3CC3)co2)C1. The van der Waals surface area contributed by atoms with Crippen LogP contribution in [-0.2, 0) is 13.1 Å². The topological polar surface area (TPSA) is 28.4 Å². The molecule has 1 aromatic heterocycles. The van der Waals surface area contributed by atoms with E-state index in [0.29, 0.717) is 6.04 Å². The molecule has 3 heteroatoms. The molecule has 2 fully saturated rings. The molecule has 1 saturated carbocycles. The number of likely N-dealkylation sites (tertiary alicyclic amines) is 1. The molecule has 1 saturated heterocycles. The van der Waals surface area contributed by atoms with Crippen molar-refractivity contribution in [3.8, 4) is 0 Å². The van der Waals surface area contributed by atoms with E-state index in [1.165, 1.54) is 31.4 Å². The molecular weight excluding hydrogens is 224 g/mol. The Labute approximate surface area is 110 Å². The quantitative estimate of drug-likeness (QED) is 0.868. The maximum absolute atomic E-state index is 5.68. The first-order chi connectivity index (χ1) is 8.70. The van der Waals surface area contributed by atoms with Gasteiger partial charge in [0.25, 0.3) is 0 Å². The molecule has 100 valence electrons. The van der Waals surface area contributed by atoms with Crippen LogP contribution in [0.3, 0.4) is 0 Å². The van der Waals surface area contributed by atoms with Crippen LogP contribution in [0.1, 0.15) is 44.4 Å². The molecule has 1 aliphatic carbocycles. The van der Waals surface area contributed by atoms with Crippen molar-refractivity contribution in [3.05, 3.63) is 23.7 Å². The molecule has 1 aromatic rings. The van der Waals surface area contributed by atoms with Crippen molar-refractivity contribution in [1.29, 1.82) is 0 Å². The van der Waals surface area contributed by atoms with E-state index in [-0.39, 0.29) is 0 Å². The third kappa shape index (κ3) is 2.96. The molecule has 3 rings (SSSR count). The number of furan rings is 1. The summed E-state index contributed by atoms with van der Waals surface area (Å²) in [6.45, 7) is 7.79. The van der Waals surface area contributed by atoms with Gasteiger partial charge >= 0.3 is 0 Å². The molecule has 1 aliphatic heterocycles. The number of hydrogen-bond acceptors (Lipinski definition) is 3. The molecule has 2 heterocycles. The summed E-state index contributed by atoms with van der Waals surface area (Å²) in [6, 6.07) is 3.67. The van der Waals surface area contributed by atoms with Gasteiger partial charge in [-0.15, -0.1) is 0 Å². The highest BCUT2D eigenvalue weighted by molar-refractivity contribution is 5.13. The Morgan fingerprint density at radius 3 is 2.89 bits per heavy atom. The minimum absolute atomic E-state index is 0.693. The molecule has 2 atom stereocenters. The summed E-state index contributed by atoms with van der Waals surface area (Å²) in [5, 5.41) is 3.52. The number of rotatable bonds is 5. The predicted molar refractivity (Wildman–Crippen MR) is 72.2 cm³/mol. The van der Waals surface area contributed by atoms with E-state index in [4.69, 9.17) is 4.42 Å². The smallest absolute Gasteiger partial charge is 0.118 e. The average molecular weight is 248 g/mol. The Hall–Kier alpha value is -0.800. The van der Waals surface area contributed by atoms with E-state index < -0.39 is 0 Å². The maximum atomic E-state index is 5.68. The minimum Gasteiger partial charge on any atom is -0.468 e. The summed E-state index contributed by atoms with van der Waals surface area (Å²) < 4.78 is 5.68. The van der Waals surface area contributed by atoms with Crippen LogP contribution in [-0.4, -0.2) is 23.5 Å². The zero-order chi connectivity index (χ0) is 12.5. The van der Waals surface area contributed by atoms with Crippen LogP contribution in [0.4, 0.5) is 0 Å². The van der Waals surface area contributed by atoms with Gasteiger partial charge in [-0.1, -0.05) is 6.92 Å². The third-order valence-electron chi connectivity index (χ3n) is 4.15. The first-order valence-corrected chi connectivity index (χ1v) is 7.24. The largest absolute Gasteiger partial charge is 0.468 e. The molecule has 2 unspecified atom stereocenters. The summed E-state index contributed by atoms with van der Waals surface area (Å²) in [7, 11) is 0. The van der Waals surface area contributed by atoms with Gasteiger partial charge in [0.2, 0.25) is 0 Å². The fourth-order valence-corrected chi connectivity index (χ4v) is 2.96. The minimum atomic E-state index is 0.693. The van der Waals surface area contributed by atoms with Gasteiger partial charge in [-0.05, 0) is 38.2 Å². The van der Waals surface area contributed by atoms with Gasteiger partial charge in [-0.3, -0.25) is 4.90 Å².